The maximum Gasteiger partial charge on any atom is 0.131 e. The summed E-state index contributed by atoms with van der Waals surface area (Å²) in [5.41, 5.74) is 5.19. The number of likely N-dealkylation sites (tertiary alicyclic amines) is 1. The summed E-state index contributed by atoms with van der Waals surface area (Å²) in [5, 5.41) is 0. The largest absolute Gasteiger partial charge is 0.492 e. The summed E-state index contributed by atoms with van der Waals surface area (Å²) in [5.74, 6) is 1.32. The molecule has 0 radical (unpaired) electrons. The molecule has 2 aromatic rings. The lowest BCUT2D eigenvalue weighted by molar-refractivity contribution is -0.117. The Labute approximate surface area is 168 Å². The van der Waals surface area contributed by atoms with E-state index in [9.17, 15) is 4.79 Å². The van der Waals surface area contributed by atoms with Gasteiger partial charge in [0.25, 0.3) is 0 Å². The lowest BCUT2D eigenvalue weighted by Crippen LogP contribution is -2.44. The van der Waals surface area contributed by atoms with Crippen LogP contribution >= 0.6 is 0 Å². The Morgan fingerprint density at radius 1 is 1.07 bits per heavy atom. The zero-order chi connectivity index (χ0) is 19.6. The molecule has 4 rings (SSSR count). The minimum Gasteiger partial charge on any atom is -0.492 e. The number of benzene rings is 2. The van der Waals surface area contributed by atoms with Crippen molar-refractivity contribution in [2.75, 3.05) is 26.2 Å². The smallest absolute Gasteiger partial charge is 0.131 e. The number of ether oxygens (including phenoxy) is 1. The summed E-state index contributed by atoms with van der Waals surface area (Å²) < 4.78 is 6.13. The van der Waals surface area contributed by atoms with Crippen LogP contribution in [-0.4, -0.2) is 36.9 Å². The van der Waals surface area contributed by atoms with Crippen molar-refractivity contribution < 1.29 is 9.53 Å². The highest BCUT2D eigenvalue weighted by Gasteiger charge is 2.42. The number of Topliss-reactive ketones (excluding diaryl/α,β-unsaturated/α-hetero) is 1. The molecular formula is C25H29NO2. The molecular weight excluding hydrogens is 346 g/mol. The number of aryl methyl sites for hydroxylation is 1. The second kappa shape index (κ2) is 7.92. The Hall–Kier alpha value is -2.39. The van der Waals surface area contributed by atoms with Crippen molar-refractivity contribution in [3.05, 3.63) is 64.7 Å². The van der Waals surface area contributed by atoms with Crippen LogP contribution in [0.1, 0.15) is 48.4 Å². The van der Waals surface area contributed by atoms with Gasteiger partial charge in [-0.25, -0.2) is 0 Å². The molecule has 3 heteroatoms. The molecule has 0 aromatic heterocycles. The minimum absolute atomic E-state index is 0.154. The van der Waals surface area contributed by atoms with Gasteiger partial charge in [0.2, 0.25) is 0 Å². The van der Waals surface area contributed by atoms with Crippen LogP contribution in [0.5, 0.6) is 5.75 Å². The second-order valence-electron chi connectivity index (χ2n) is 8.36. The maximum absolute atomic E-state index is 11.2. The number of piperidine rings is 1. The molecule has 28 heavy (non-hydrogen) atoms. The predicted octanol–water partition coefficient (Wildman–Crippen LogP) is 4.87. The Balaban J connectivity index is 1.44. The Morgan fingerprint density at radius 3 is 2.46 bits per heavy atom. The molecule has 1 spiro atoms. The van der Waals surface area contributed by atoms with Gasteiger partial charge in [-0.2, -0.15) is 0 Å². The number of nitrogens with zero attached hydrogens (tertiary/aromatic N) is 1. The third-order valence-corrected chi connectivity index (χ3v) is 6.22. The lowest BCUT2D eigenvalue weighted by Gasteiger charge is -2.38. The van der Waals surface area contributed by atoms with Crippen molar-refractivity contribution in [3.63, 3.8) is 0 Å². The first-order valence-corrected chi connectivity index (χ1v) is 10.3. The van der Waals surface area contributed by atoms with Gasteiger partial charge in [-0.1, -0.05) is 54.1 Å². The summed E-state index contributed by atoms with van der Waals surface area (Å²) in [4.78, 5) is 13.7. The minimum atomic E-state index is 0.154. The number of carbonyl (C=O) groups excluding carboxylic acids is 1. The molecule has 0 aliphatic carbocycles. The first-order chi connectivity index (χ1) is 13.5. The molecule has 0 atom stereocenters. The first-order valence-electron chi connectivity index (χ1n) is 10.3. The molecule has 2 aliphatic heterocycles. The fourth-order valence-corrected chi connectivity index (χ4v) is 4.30. The third-order valence-electron chi connectivity index (χ3n) is 6.22. The van der Waals surface area contributed by atoms with Crippen LogP contribution in [0.2, 0.25) is 0 Å². The highest BCUT2D eigenvalue weighted by Crippen LogP contribution is 2.45. The predicted molar refractivity (Wildman–Crippen MR) is 115 cm³/mol. The van der Waals surface area contributed by atoms with Crippen LogP contribution in [0.15, 0.2) is 42.5 Å². The van der Waals surface area contributed by atoms with Crippen LogP contribution in [-0.2, 0) is 10.2 Å². The van der Waals surface area contributed by atoms with Gasteiger partial charge in [-0.15, -0.1) is 0 Å². The number of ketones is 1. The number of rotatable bonds is 5. The SMILES string of the molecule is CC(=O)CCN1CCC2(CC1)COc1cc(/C=C/c3ccc(C)cc3)ccc12. The van der Waals surface area contributed by atoms with Gasteiger partial charge in [0.15, 0.2) is 0 Å². The summed E-state index contributed by atoms with van der Waals surface area (Å²) in [7, 11) is 0. The zero-order valence-electron chi connectivity index (χ0n) is 16.9. The van der Waals surface area contributed by atoms with Crippen molar-refractivity contribution >= 4 is 17.9 Å². The molecule has 146 valence electrons. The highest BCUT2D eigenvalue weighted by atomic mass is 16.5. The van der Waals surface area contributed by atoms with E-state index in [1.54, 1.807) is 6.92 Å². The van der Waals surface area contributed by atoms with Gasteiger partial charge in [0.1, 0.15) is 11.5 Å². The third kappa shape index (κ3) is 4.05. The Bertz CT molecular complexity index is 874. The van der Waals surface area contributed by atoms with E-state index in [2.05, 4.69) is 66.4 Å². The topological polar surface area (TPSA) is 29.5 Å². The van der Waals surface area contributed by atoms with Gasteiger partial charge < -0.3 is 9.64 Å². The van der Waals surface area contributed by atoms with Gasteiger partial charge in [0, 0.05) is 23.9 Å². The van der Waals surface area contributed by atoms with E-state index in [0.29, 0.717) is 6.42 Å². The van der Waals surface area contributed by atoms with E-state index < -0.39 is 0 Å². The molecule has 2 heterocycles. The Kier molecular flexibility index (Phi) is 5.36. The molecule has 2 aromatic carbocycles. The van der Waals surface area contributed by atoms with E-state index in [4.69, 9.17) is 4.74 Å². The molecule has 2 aliphatic rings. The monoisotopic (exact) mass is 375 g/mol. The van der Waals surface area contributed by atoms with Gasteiger partial charge >= 0.3 is 0 Å². The molecule has 1 fully saturated rings. The molecule has 1 saturated heterocycles. The molecule has 0 N–H and O–H groups in total. The van der Waals surface area contributed by atoms with Crippen LogP contribution < -0.4 is 4.74 Å². The number of hydrogen-bond donors (Lipinski definition) is 0. The molecule has 0 amide bonds. The lowest BCUT2D eigenvalue weighted by atomic mass is 9.74. The quantitative estimate of drug-likeness (QED) is 0.698. The first kappa shape index (κ1) is 18.9. The van der Waals surface area contributed by atoms with Crippen molar-refractivity contribution in [3.8, 4) is 5.75 Å². The molecule has 0 saturated carbocycles. The standard InChI is InChI=1S/C25H29NO2/c1-19-3-5-21(6-4-19)7-8-22-9-10-23-24(17-22)28-18-25(23)12-15-26(16-13-25)14-11-20(2)27/h3-10,17H,11-16,18H2,1-2H3/b8-7+. The Morgan fingerprint density at radius 2 is 1.75 bits per heavy atom. The number of hydrogen-bond acceptors (Lipinski definition) is 3. The van der Waals surface area contributed by atoms with Crippen molar-refractivity contribution in [1.29, 1.82) is 0 Å². The summed E-state index contributed by atoms with van der Waals surface area (Å²) in [6, 6.07) is 15.2. The second-order valence-corrected chi connectivity index (χ2v) is 8.36. The zero-order valence-corrected chi connectivity index (χ0v) is 16.9. The average Bonchev–Trinajstić information content (AvgIpc) is 3.05. The number of carbonyl (C=O) groups is 1. The van der Waals surface area contributed by atoms with Crippen LogP contribution in [0.25, 0.3) is 12.2 Å². The van der Waals surface area contributed by atoms with E-state index >= 15 is 0 Å². The van der Waals surface area contributed by atoms with Crippen LogP contribution in [0.4, 0.5) is 0 Å². The maximum atomic E-state index is 11.2. The van der Waals surface area contributed by atoms with Gasteiger partial charge in [0.05, 0.1) is 6.61 Å². The average molecular weight is 376 g/mol. The normalized spacial score (nSPS) is 18.4. The van der Waals surface area contributed by atoms with Crippen LogP contribution in [0, 0.1) is 6.92 Å². The molecule has 3 nitrogen and oxygen atoms in total. The summed E-state index contributed by atoms with van der Waals surface area (Å²) in [6.07, 6.45) is 7.19. The van der Waals surface area contributed by atoms with E-state index in [1.807, 2.05) is 0 Å². The van der Waals surface area contributed by atoms with Gasteiger partial charge in [-0.3, -0.25) is 4.79 Å². The van der Waals surface area contributed by atoms with E-state index in [1.165, 1.54) is 22.3 Å². The molecule has 0 unspecified atom stereocenters. The number of fused-ring (bicyclic) bond motifs is 2. The summed E-state index contributed by atoms with van der Waals surface area (Å²) in [6.45, 7) is 7.55. The van der Waals surface area contributed by atoms with E-state index in [-0.39, 0.29) is 11.2 Å². The van der Waals surface area contributed by atoms with Crippen molar-refractivity contribution in [2.24, 2.45) is 0 Å². The fourth-order valence-electron chi connectivity index (χ4n) is 4.30. The highest BCUT2D eigenvalue weighted by molar-refractivity contribution is 5.75. The van der Waals surface area contributed by atoms with Gasteiger partial charge in [-0.05, 0) is 57.0 Å². The summed E-state index contributed by atoms with van der Waals surface area (Å²) >= 11 is 0. The van der Waals surface area contributed by atoms with Crippen molar-refractivity contribution in [1.82, 2.24) is 4.90 Å². The fraction of sp³-hybridized carbons (Fsp3) is 0.400. The molecule has 0 bridgehead atoms. The van der Waals surface area contributed by atoms with Crippen LogP contribution in [0.3, 0.4) is 0 Å². The van der Waals surface area contributed by atoms with Crippen molar-refractivity contribution in [2.45, 2.75) is 38.5 Å². The van der Waals surface area contributed by atoms with E-state index in [0.717, 1.165) is 44.8 Å².